The predicted octanol–water partition coefficient (Wildman–Crippen LogP) is 0.878. The Kier molecular flexibility index (Phi) is 9.90. The van der Waals surface area contributed by atoms with E-state index < -0.39 is 5.54 Å². The summed E-state index contributed by atoms with van der Waals surface area (Å²) >= 11 is 1.10. The first-order valence-corrected chi connectivity index (χ1v) is 8.32. The fourth-order valence-corrected chi connectivity index (χ4v) is 1.53. The van der Waals surface area contributed by atoms with Gasteiger partial charge in [0.25, 0.3) is 5.12 Å². The number of hydrogen-bond donors (Lipinski definition) is 1. The zero-order valence-electron chi connectivity index (χ0n) is 14.4. The van der Waals surface area contributed by atoms with Gasteiger partial charge in [-0.1, -0.05) is 17.7 Å². The van der Waals surface area contributed by atoms with E-state index in [4.69, 9.17) is 4.74 Å². The molecule has 0 saturated carbocycles. The van der Waals surface area contributed by atoms with Crippen LogP contribution >= 0.6 is 11.8 Å². The van der Waals surface area contributed by atoms with Crippen molar-refractivity contribution in [1.82, 2.24) is 15.1 Å². The third-order valence-corrected chi connectivity index (χ3v) is 3.74. The number of hydrogen-bond acceptors (Lipinski definition) is 6. The van der Waals surface area contributed by atoms with E-state index in [0.717, 1.165) is 18.3 Å². The van der Waals surface area contributed by atoms with Crippen LogP contribution in [0.4, 0.5) is 4.79 Å². The molecule has 0 heterocycles. The lowest BCUT2D eigenvalue weighted by Crippen LogP contribution is -2.42. The molecule has 0 atom stereocenters. The van der Waals surface area contributed by atoms with Crippen LogP contribution in [0.15, 0.2) is 0 Å². The summed E-state index contributed by atoms with van der Waals surface area (Å²) in [5.74, 6) is 5.55. The number of thioether (sulfide) groups is 1. The van der Waals surface area contributed by atoms with Crippen molar-refractivity contribution in [3.05, 3.63) is 0 Å². The van der Waals surface area contributed by atoms with Gasteiger partial charge < -0.3 is 15.0 Å². The molecule has 0 aliphatic heterocycles. The Hall–Kier alpha value is -1.23. The van der Waals surface area contributed by atoms with E-state index in [1.54, 1.807) is 13.3 Å². The number of carbonyl (C=O) groups excluding carboxylic acids is 2. The van der Waals surface area contributed by atoms with Crippen molar-refractivity contribution in [1.29, 1.82) is 0 Å². The second-order valence-corrected chi connectivity index (χ2v) is 6.14. The van der Waals surface area contributed by atoms with Gasteiger partial charge in [-0.05, 0) is 40.1 Å². The molecule has 0 fully saturated rings. The summed E-state index contributed by atoms with van der Waals surface area (Å²) in [6.45, 7) is 5.99. The first-order valence-electron chi connectivity index (χ1n) is 7.09. The van der Waals surface area contributed by atoms with Gasteiger partial charge in [0, 0.05) is 26.7 Å². The summed E-state index contributed by atoms with van der Waals surface area (Å²) in [5.41, 5.74) is -0.462. The Morgan fingerprint density at radius 1 is 1.27 bits per heavy atom. The van der Waals surface area contributed by atoms with Crippen LogP contribution in [0.3, 0.4) is 0 Å². The molecule has 1 amide bonds. The van der Waals surface area contributed by atoms with Crippen LogP contribution in [-0.4, -0.2) is 80.2 Å². The second kappa shape index (κ2) is 10.5. The minimum Gasteiger partial charge on any atom is -0.448 e. The lowest BCUT2D eigenvalue weighted by atomic mass is 10.0. The predicted molar refractivity (Wildman–Crippen MR) is 90.9 cm³/mol. The molecule has 22 heavy (non-hydrogen) atoms. The van der Waals surface area contributed by atoms with E-state index >= 15 is 0 Å². The van der Waals surface area contributed by atoms with Crippen molar-refractivity contribution in [2.75, 3.05) is 53.6 Å². The molecule has 126 valence electrons. The van der Waals surface area contributed by atoms with Crippen molar-refractivity contribution in [3.8, 4) is 11.8 Å². The lowest BCUT2D eigenvalue weighted by molar-refractivity contribution is -0.106. The average molecular weight is 329 g/mol. The number of rotatable bonds is 7. The highest BCUT2D eigenvalue weighted by atomic mass is 32.2. The quantitative estimate of drug-likeness (QED) is 0.700. The van der Waals surface area contributed by atoms with Crippen molar-refractivity contribution < 1.29 is 14.3 Å². The molecule has 0 rings (SSSR count). The Morgan fingerprint density at radius 3 is 2.45 bits per heavy atom. The maximum atomic E-state index is 11.7. The van der Waals surface area contributed by atoms with Gasteiger partial charge in [0.15, 0.2) is 0 Å². The van der Waals surface area contributed by atoms with Gasteiger partial charge in [0.1, 0.15) is 6.61 Å². The summed E-state index contributed by atoms with van der Waals surface area (Å²) in [4.78, 5) is 26.4. The highest BCUT2D eigenvalue weighted by Gasteiger charge is 2.21. The molecule has 0 unspecified atom stereocenters. The average Bonchev–Trinajstić information content (AvgIpc) is 2.49. The van der Waals surface area contributed by atoms with Crippen LogP contribution in [0.25, 0.3) is 0 Å². The summed E-state index contributed by atoms with van der Waals surface area (Å²) in [6, 6.07) is 0. The molecular weight excluding hydrogens is 302 g/mol. The lowest BCUT2D eigenvalue weighted by Gasteiger charge is -2.30. The smallest absolute Gasteiger partial charge is 0.409 e. The monoisotopic (exact) mass is 329 g/mol. The summed E-state index contributed by atoms with van der Waals surface area (Å²) in [5, 5.41) is 2.82. The third-order valence-electron chi connectivity index (χ3n) is 3.27. The Morgan fingerprint density at radius 2 is 1.91 bits per heavy atom. The molecule has 0 aromatic rings. The number of nitrogens with one attached hydrogen (secondary N) is 1. The van der Waals surface area contributed by atoms with E-state index in [9.17, 15) is 9.59 Å². The minimum absolute atomic E-state index is 0.154. The largest absolute Gasteiger partial charge is 0.448 e. The first kappa shape index (κ1) is 20.8. The zero-order valence-corrected chi connectivity index (χ0v) is 15.2. The summed E-state index contributed by atoms with van der Waals surface area (Å²) in [7, 11) is 5.42. The fourth-order valence-electron chi connectivity index (χ4n) is 1.38. The number of likely N-dealkylation sites (N-methyl/N-ethyl adjacent to an activating group) is 3. The van der Waals surface area contributed by atoms with Gasteiger partial charge >= 0.3 is 6.09 Å². The topological polar surface area (TPSA) is 61.9 Å². The molecular formula is C15H27N3O3S. The fraction of sp³-hybridized carbons (Fsp3) is 0.733. The van der Waals surface area contributed by atoms with Crippen molar-refractivity contribution >= 4 is 23.0 Å². The zero-order chi connectivity index (χ0) is 17.2. The molecule has 1 N–H and O–H groups in total. The van der Waals surface area contributed by atoms with Crippen LogP contribution in [0.5, 0.6) is 0 Å². The first-order chi connectivity index (χ1) is 10.2. The normalized spacial score (nSPS) is 10.9. The summed E-state index contributed by atoms with van der Waals surface area (Å²) in [6.07, 6.45) is 1.36. The van der Waals surface area contributed by atoms with Gasteiger partial charge in [-0.3, -0.25) is 9.69 Å². The standard InChI is InChI=1S/C15H27N3O3S/c1-15(2,8-7-13(19)22-6)18(5)11-12-21-14(20)17(4)10-9-16-3/h16H,9-12H2,1-6H3. The maximum Gasteiger partial charge on any atom is 0.409 e. The SMILES string of the molecule is CNCCN(C)C(=O)OCCN(C)C(C)(C)C#CC(=O)SC. The molecule has 0 spiro atoms. The highest BCUT2D eigenvalue weighted by Crippen LogP contribution is 2.10. The Balaban J connectivity index is 4.26. The van der Waals surface area contributed by atoms with Gasteiger partial charge in [-0.2, -0.15) is 0 Å². The van der Waals surface area contributed by atoms with Crippen LogP contribution in [0.2, 0.25) is 0 Å². The van der Waals surface area contributed by atoms with Gasteiger partial charge in [-0.15, -0.1) is 0 Å². The molecule has 0 radical (unpaired) electrons. The van der Waals surface area contributed by atoms with Crippen molar-refractivity contribution in [3.63, 3.8) is 0 Å². The van der Waals surface area contributed by atoms with E-state index in [-0.39, 0.29) is 17.8 Å². The number of nitrogens with zero attached hydrogens (tertiary/aromatic N) is 2. The molecule has 0 bridgehead atoms. The molecule has 6 nitrogen and oxygen atoms in total. The molecule has 0 aliphatic rings. The van der Waals surface area contributed by atoms with E-state index in [1.807, 2.05) is 32.8 Å². The summed E-state index contributed by atoms with van der Waals surface area (Å²) < 4.78 is 5.21. The third kappa shape index (κ3) is 8.27. The molecule has 0 aromatic heterocycles. The molecule has 0 aliphatic carbocycles. The Bertz CT molecular complexity index is 429. The van der Waals surface area contributed by atoms with Gasteiger partial charge in [0.05, 0.1) is 5.54 Å². The Labute approximate surface area is 137 Å². The number of ether oxygens (including phenoxy) is 1. The molecule has 0 saturated heterocycles. The van der Waals surface area contributed by atoms with Crippen LogP contribution in [-0.2, 0) is 9.53 Å². The van der Waals surface area contributed by atoms with Gasteiger partial charge in [0.2, 0.25) is 0 Å². The van der Waals surface area contributed by atoms with Crippen molar-refractivity contribution in [2.45, 2.75) is 19.4 Å². The van der Waals surface area contributed by atoms with E-state index in [0.29, 0.717) is 13.1 Å². The van der Waals surface area contributed by atoms with Crippen molar-refractivity contribution in [2.24, 2.45) is 0 Å². The number of amides is 1. The van der Waals surface area contributed by atoms with Crippen LogP contribution < -0.4 is 5.32 Å². The second-order valence-electron chi connectivity index (χ2n) is 5.36. The highest BCUT2D eigenvalue weighted by molar-refractivity contribution is 8.13. The maximum absolute atomic E-state index is 11.7. The molecule has 0 aromatic carbocycles. The van der Waals surface area contributed by atoms with Gasteiger partial charge in [-0.25, -0.2) is 4.79 Å². The van der Waals surface area contributed by atoms with E-state index in [2.05, 4.69) is 17.2 Å². The van der Waals surface area contributed by atoms with E-state index in [1.165, 1.54) is 4.90 Å². The number of carbonyl (C=O) groups is 2. The van der Waals surface area contributed by atoms with Crippen LogP contribution in [0.1, 0.15) is 13.8 Å². The van der Waals surface area contributed by atoms with Crippen LogP contribution in [0, 0.1) is 11.8 Å². The molecule has 7 heteroatoms. The minimum atomic E-state index is -0.462.